The Kier molecular flexibility index (Phi) is 2.63. The van der Waals surface area contributed by atoms with Crippen LogP contribution in [0.2, 0.25) is 0 Å². The van der Waals surface area contributed by atoms with Crippen LogP contribution in [-0.2, 0) is 5.60 Å². The molecule has 0 aromatic heterocycles. The van der Waals surface area contributed by atoms with Crippen molar-refractivity contribution in [3.63, 3.8) is 0 Å². The third kappa shape index (κ3) is 1.57. The summed E-state index contributed by atoms with van der Waals surface area (Å²) in [7, 11) is 0. The van der Waals surface area contributed by atoms with Crippen molar-refractivity contribution in [2.75, 3.05) is 0 Å². The molecule has 0 bridgehead atoms. The lowest BCUT2D eigenvalue weighted by Gasteiger charge is -2.39. The van der Waals surface area contributed by atoms with Crippen molar-refractivity contribution in [2.45, 2.75) is 30.8 Å². The molecule has 0 amide bonds. The van der Waals surface area contributed by atoms with E-state index in [9.17, 15) is 24.9 Å². The van der Waals surface area contributed by atoms with Gasteiger partial charge < -0.3 is 15.3 Å². The average Bonchev–Trinajstić information content (AvgIpc) is 2.83. The summed E-state index contributed by atoms with van der Waals surface area (Å²) < 4.78 is 0. The number of aromatic hydroxyl groups is 2. The van der Waals surface area contributed by atoms with E-state index in [0.717, 1.165) is 0 Å². The van der Waals surface area contributed by atoms with E-state index in [4.69, 9.17) is 0 Å². The first kappa shape index (κ1) is 14.7. The molecule has 0 saturated carbocycles. The largest absolute Gasteiger partial charge is 0.507 e. The second-order valence-electron chi connectivity index (χ2n) is 7.19. The summed E-state index contributed by atoms with van der Waals surface area (Å²) in [5.74, 6) is -1.08. The van der Waals surface area contributed by atoms with Gasteiger partial charge in [-0.15, -0.1) is 0 Å². The van der Waals surface area contributed by atoms with Gasteiger partial charge in [0.1, 0.15) is 17.1 Å². The highest BCUT2D eigenvalue weighted by molar-refractivity contribution is 6.05. The van der Waals surface area contributed by atoms with E-state index in [1.165, 1.54) is 12.1 Å². The minimum absolute atomic E-state index is 0.0712. The van der Waals surface area contributed by atoms with E-state index in [0.29, 0.717) is 29.5 Å². The van der Waals surface area contributed by atoms with Crippen molar-refractivity contribution < 1.29 is 24.9 Å². The summed E-state index contributed by atoms with van der Waals surface area (Å²) in [5, 5.41) is 32.1. The normalized spacial score (nSPS) is 29.2. The van der Waals surface area contributed by atoms with Crippen molar-refractivity contribution in [1.29, 1.82) is 0 Å². The predicted molar refractivity (Wildman–Crippen MR) is 88.0 cm³/mol. The van der Waals surface area contributed by atoms with Gasteiger partial charge in [0.15, 0.2) is 11.6 Å². The van der Waals surface area contributed by atoms with Gasteiger partial charge in [-0.2, -0.15) is 0 Å². The van der Waals surface area contributed by atoms with Crippen LogP contribution in [0.4, 0.5) is 0 Å². The second kappa shape index (κ2) is 4.49. The van der Waals surface area contributed by atoms with Gasteiger partial charge in [-0.05, 0) is 35.6 Å². The Labute approximate surface area is 143 Å². The smallest absolute Gasteiger partial charge is 0.167 e. The highest BCUT2D eigenvalue weighted by Crippen LogP contribution is 2.61. The molecule has 0 saturated heterocycles. The summed E-state index contributed by atoms with van der Waals surface area (Å²) in [5.41, 5.74) is 0.646. The molecular formula is C20H16O5. The van der Waals surface area contributed by atoms with E-state index < -0.39 is 11.5 Å². The highest BCUT2D eigenvalue weighted by Gasteiger charge is 2.58. The molecule has 5 nitrogen and oxygen atoms in total. The molecule has 25 heavy (non-hydrogen) atoms. The zero-order valence-electron chi connectivity index (χ0n) is 13.3. The molecule has 3 aliphatic rings. The first-order chi connectivity index (χ1) is 11.9. The third-order valence-corrected chi connectivity index (χ3v) is 6.13. The third-order valence-electron chi connectivity index (χ3n) is 6.13. The molecule has 0 heterocycles. The first-order valence-corrected chi connectivity index (χ1v) is 8.42. The number of phenolic OH excluding ortho intramolecular Hbond substituents is 2. The Morgan fingerprint density at radius 2 is 1.68 bits per heavy atom. The molecule has 0 radical (unpaired) electrons. The fourth-order valence-corrected chi connectivity index (χ4v) is 5.16. The number of ketones is 2. The Hall–Kier alpha value is -2.66. The van der Waals surface area contributed by atoms with Gasteiger partial charge in [-0.25, -0.2) is 0 Å². The lowest BCUT2D eigenvalue weighted by atomic mass is 9.67. The van der Waals surface area contributed by atoms with Gasteiger partial charge in [-0.1, -0.05) is 18.2 Å². The van der Waals surface area contributed by atoms with Crippen LogP contribution >= 0.6 is 0 Å². The van der Waals surface area contributed by atoms with Crippen LogP contribution in [-0.4, -0.2) is 26.9 Å². The van der Waals surface area contributed by atoms with Gasteiger partial charge >= 0.3 is 0 Å². The molecule has 0 fully saturated rings. The summed E-state index contributed by atoms with van der Waals surface area (Å²) in [6.45, 7) is 0. The topological polar surface area (TPSA) is 94.8 Å². The van der Waals surface area contributed by atoms with Crippen LogP contribution in [0.5, 0.6) is 11.5 Å². The maximum absolute atomic E-state index is 12.7. The minimum Gasteiger partial charge on any atom is -0.507 e. The predicted octanol–water partition coefficient (Wildman–Crippen LogP) is 2.61. The van der Waals surface area contributed by atoms with Crippen LogP contribution < -0.4 is 0 Å². The molecule has 0 spiro atoms. The van der Waals surface area contributed by atoms with Gasteiger partial charge in [0, 0.05) is 24.3 Å². The van der Waals surface area contributed by atoms with E-state index in [1.807, 2.05) is 0 Å². The quantitative estimate of drug-likeness (QED) is 0.687. The summed E-state index contributed by atoms with van der Waals surface area (Å²) >= 11 is 0. The van der Waals surface area contributed by atoms with E-state index in [-0.39, 0.29) is 46.5 Å². The molecule has 3 atom stereocenters. The maximum Gasteiger partial charge on any atom is 0.167 e. The number of rotatable bonds is 0. The maximum atomic E-state index is 12.7. The zero-order valence-corrected chi connectivity index (χ0v) is 13.3. The van der Waals surface area contributed by atoms with Gasteiger partial charge in [0.05, 0.1) is 11.1 Å². The van der Waals surface area contributed by atoms with Crippen LogP contribution in [0.3, 0.4) is 0 Å². The summed E-state index contributed by atoms with van der Waals surface area (Å²) in [6.07, 6.45) is 0.952. The SMILES string of the molecule is O=C1C[C@H]2[C@@H]3CCC(=O)c4c(O)ccc(c43)[C@]2(O)c2cccc(O)c21. The monoisotopic (exact) mass is 336 g/mol. The number of carbonyl (C=O) groups is 2. The van der Waals surface area contributed by atoms with Crippen molar-refractivity contribution in [2.24, 2.45) is 5.92 Å². The second-order valence-corrected chi connectivity index (χ2v) is 7.19. The summed E-state index contributed by atoms with van der Waals surface area (Å²) in [4.78, 5) is 25.0. The van der Waals surface area contributed by atoms with E-state index >= 15 is 0 Å². The Morgan fingerprint density at radius 1 is 0.920 bits per heavy atom. The number of hydrogen-bond donors (Lipinski definition) is 3. The Bertz CT molecular complexity index is 976. The molecule has 2 aromatic rings. The molecule has 0 aliphatic heterocycles. The Morgan fingerprint density at radius 3 is 2.48 bits per heavy atom. The van der Waals surface area contributed by atoms with E-state index in [1.54, 1.807) is 18.2 Å². The average molecular weight is 336 g/mol. The Balaban J connectivity index is 1.88. The molecule has 3 N–H and O–H groups in total. The fourth-order valence-electron chi connectivity index (χ4n) is 5.16. The fraction of sp³-hybridized carbons (Fsp3) is 0.300. The van der Waals surface area contributed by atoms with Crippen LogP contribution in [0.25, 0.3) is 0 Å². The number of fused-ring (bicyclic) bond motifs is 5. The number of hydrogen-bond acceptors (Lipinski definition) is 5. The van der Waals surface area contributed by atoms with Crippen LogP contribution in [0.15, 0.2) is 30.3 Å². The van der Waals surface area contributed by atoms with Gasteiger partial charge in [0.2, 0.25) is 0 Å². The number of benzene rings is 2. The van der Waals surface area contributed by atoms with Crippen LogP contribution in [0.1, 0.15) is 62.6 Å². The molecular weight excluding hydrogens is 320 g/mol. The van der Waals surface area contributed by atoms with E-state index in [2.05, 4.69) is 0 Å². The standard InChI is InChI=1S/C20H16O5/c21-13-3-1-2-10-18(13)16(24)8-12-9-4-6-14(22)19-15(23)7-5-11(17(9)19)20(10,12)25/h1-3,5,7,9,12,21,23,25H,4,6,8H2/t9-,12-,20+/m0/s1. The summed E-state index contributed by atoms with van der Waals surface area (Å²) in [6, 6.07) is 7.80. The molecule has 0 unspecified atom stereocenters. The van der Waals surface area contributed by atoms with Crippen molar-refractivity contribution in [3.8, 4) is 11.5 Å². The highest BCUT2D eigenvalue weighted by atomic mass is 16.3. The molecule has 5 rings (SSSR count). The molecule has 5 heteroatoms. The lowest BCUT2D eigenvalue weighted by Crippen LogP contribution is -2.40. The molecule has 3 aliphatic carbocycles. The number of Topliss-reactive ketones (excluding diaryl/α,β-unsaturated/α-hetero) is 2. The van der Waals surface area contributed by atoms with Crippen molar-refractivity contribution in [1.82, 2.24) is 0 Å². The van der Waals surface area contributed by atoms with Crippen LogP contribution in [0, 0.1) is 5.92 Å². The molecule has 2 aromatic carbocycles. The number of carbonyl (C=O) groups excluding carboxylic acids is 2. The van der Waals surface area contributed by atoms with Gasteiger partial charge in [-0.3, -0.25) is 9.59 Å². The first-order valence-electron chi connectivity index (χ1n) is 8.42. The minimum atomic E-state index is -1.44. The van der Waals surface area contributed by atoms with Crippen molar-refractivity contribution in [3.05, 3.63) is 58.1 Å². The van der Waals surface area contributed by atoms with Crippen molar-refractivity contribution >= 4 is 11.6 Å². The van der Waals surface area contributed by atoms with Gasteiger partial charge in [0.25, 0.3) is 0 Å². The lowest BCUT2D eigenvalue weighted by molar-refractivity contribution is 0.00800. The molecule has 126 valence electrons. The number of phenols is 2. The number of aliphatic hydroxyl groups is 1. The zero-order chi connectivity index (χ0) is 17.5.